The number of nitrogens with two attached hydrogens (primary N) is 1. The second-order valence-corrected chi connectivity index (χ2v) is 8.64. The van der Waals surface area contributed by atoms with Gasteiger partial charge in [0.1, 0.15) is 24.4 Å². The SMILES string of the molecule is CC1C(NC(=O)C(=NOC(C)(C)C(=O)O)c2csc(N)n2)C(=O)N1[P+](=O)OCCO. The van der Waals surface area contributed by atoms with E-state index >= 15 is 0 Å². The Morgan fingerprint density at radius 1 is 1.50 bits per heavy atom. The average Bonchev–Trinajstić information content (AvgIpc) is 3.10. The zero-order chi connectivity index (χ0) is 22.6. The van der Waals surface area contributed by atoms with Crippen LogP contribution in [0, 0.1) is 0 Å². The fraction of sp³-hybridized carbons (Fsp3) is 0.533. The number of carboxylic acids is 1. The molecule has 0 bridgehead atoms. The molecule has 0 radical (unpaired) electrons. The lowest BCUT2D eigenvalue weighted by Crippen LogP contribution is -2.67. The molecule has 1 aliphatic heterocycles. The summed E-state index contributed by atoms with van der Waals surface area (Å²) in [4.78, 5) is 45.1. The minimum atomic E-state index is -2.50. The summed E-state index contributed by atoms with van der Waals surface area (Å²) in [5.74, 6) is -2.83. The number of amides is 2. The highest BCUT2D eigenvalue weighted by atomic mass is 32.1. The van der Waals surface area contributed by atoms with Crippen molar-refractivity contribution in [1.29, 1.82) is 0 Å². The quantitative estimate of drug-likeness (QED) is 0.155. The molecular weight excluding hydrogens is 441 g/mol. The van der Waals surface area contributed by atoms with Crippen LogP contribution < -0.4 is 11.1 Å². The number of aromatic nitrogens is 1. The summed E-state index contributed by atoms with van der Waals surface area (Å²) in [6, 6.07) is -1.69. The fourth-order valence-corrected chi connectivity index (χ4v) is 3.84. The van der Waals surface area contributed by atoms with Crippen molar-refractivity contribution in [3.05, 3.63) is 11.1 Å². The number of β-lactam (4-membered cyclic amide) rings is 1. The molecule has 0 spiro atoms. The number of thiazole rings is 1. The summed E-state index contributed by atoms with van der Waals surface area (Å²) in [7, 11) is -2.50. The first kappa shape index (κ1) is 23.6. The van der Waals surface area contributed by atoms with E-state index in [9.17, 15) is 18.9 Å². The number of nitrogen functional groups attached to an aromatic ring is 1. The van der Waals surface area contributed by atoms with E-state index in [2.05, 4.69) is 15.5 Å². The molecule has 1 aromatic heterocycles. The van der Waals surface area contributed by atoms with Crippen LogP contribution in [0.3, 0.4) is 0 Å². The van der Waals surface area contributed by atoms with Gasteiger partial charge in [0, 0.05) is 5.38 Å². The Balaban J connectivity index is 2.17. The van der Waals surface area contributed by atoms with Gasteiger partial charge in [-0.05, 0) is 25.3 Å². The van der Waals surface area contributed by atoms with Crippen molar-refractivity contribution < 1.29 is 38.5 Å². The first-order valence-corrected chi connectivity index (χ1v) is 10.6. The number of anilines is 1. The molecule has 0 saturated carbocycles. The minimum absolute atomic E-state index is 0.0322. The first-order chi connectivity index (χ1) is 14.0. The molecule has 2 rings (SSSR count). The third kappa shape index (κ3) is 5.08. The normalized spacial score (nSPS) is 19.9. The number of aliphatic carboxylic acids is 1. The lowest BCUT2D eigenvalue weighted by atomic mass is 10.0. The Bertz CT molecular complexity index is 888. The van der Waals surface area contributed by atoms with Gasteiger partial charge in [0.05, 0.1) is 6.61 Å². The summed E-state index contributed by atoms with van der Waals surface area (Å²) in [5, 5.41) is 25.5. The van der Waals surface area contributed by atoms with Crippen LogP contribution in [0.5, 0.6) is 0 Å². The number of carboxylic acid groups (broad SMARTS) is 1. The standard InChI is InChI=1S/C15H20N5O8PS/c1-7-9(12(23)20(7)29(26)27-5-4-21)18-11(22)10(8-6-30-14(16)17-8)19-28-15(2,3)13(24)25/h6-7,9,21H,4-5H2,1-3H3,(H3-,16,17,18,22,24,25)/p+1. The van der Waals surface area contributed by atoms with E-state index in [0.29, 0.717) is 0 Å². The van der Waals surface area contributed by atoms with E-state index < -0.39 is 43.6 Å². The van der Waals surface area contributed by atoms with Gasteiger partial charge in [-0.2, -0.15) is 0 Å². The van der Waals surface area contributed by atoms with Gasteiger partial charge in [0.15, 0.2) is 10.8 Å². The number of nitrogens with one attached hydrogen (secondary N) is 1. The van der Waals surface area contributed by atoms with Crippen LogP contribution in [0.15, 0.2) is 10.5 Å². The van der Waals surface area contributed by atoms with Gasteiger partial charge in [0.2, 0.25) is 5.60 Å². The van der Waals surface area contributed by atoms with Crippen molar-refractivity contribution in [1.82, 2.24) is 15.0 Å². The zero-order valence-corrected chi connectivity index (χ0v) is 18.0. The van der Waals surface area contributed by atoms with Crippen LogP contribution in [0.2, 0.25) is 0 Å². The molecule has 0 aromatic carbocycles. The van der Waals surface area contributed by atoms with E-state index in [4.69, 9.17) is 25.3 Å². The van der Waals surface area contributed by atoms with Crippen molar-refractivity contribution in [3.8, 4) is 0 Å². The molecule has 2 heterocycles. The predicted molar refractivity (Wildman–Crippen MR) is 105 cm³/mol. The Morgan fingerprint density at radius 3 is 2.67 bits per heavy atom. The molecule has 1 fully saturated rings. The van der Waals surface area contributed by atoms with Crippen molar-refractivity contribution in [2.75, 3.05) is 18.9 Å². The van der Waals surface area contributed by atoms with Crippen LogP contribution in [0.4, 0.5) is 5.13 Å². The lowest BCUT2D eigenvalue weighted by molar-refractivity contribution is -0.161. The molecule has 1 saturated heterocycles. The Labute approximate surface area is 175 Å². The summed E-state index contributed by atoms with van der Waals surface area (Å²) in [6.07, 6.45) is 0. The fourth-order valence-electron chi connectivity index (χ4n) is 2.21. The highest BCUT2D eigenvalue weighted by Gasteiger charge is 2.57. The first-order valence-electron chi connectivity index (χ1n) is 8.55. The molecule has 1 aromatic rings. The maximum absolute atomic E-state index is 12.7. The number of carbonyl (C=O) groups excluding carboxylic acids is 2. The minimum Gasteiger partial charge on any atom is -0.478 e. The van der Waals surface area contributed by atoms with Crippen LogP contribution in [-0.4, -0.2) is 74.3 Å². The van der Waals surface area contributed by atoms with Gasteiger partial charge in [-0.15, -0.1) is 15.9 Å². The summed E-state index contributed by atoms with van der Waals surface area (Å²) < 4.78 is 17.7. The zero-order valence-electron chi connectivity index (χ0n) is 16.3. The number of oxime groups is 1. The van der Waals surface area contributed by atoms with E-state index in [-0.39, 0.29) is 29.8 Å². The van der Waals surface area contributed by atoms with Crippen molar-refractivity contribution >= 4 is 48.1 Å². The van der Waals surface area contributed by atoms with E-state index in [1.807, 2.05) is 0 Å². The van der Waals surface area contributed by atoms with E-state index in [1.54, 1.807) is 6.92 Å². The van der Waals surface area contributed by atoms with Gasteiger partial charge in [0.25, 0.3) is 11.8 Å². The molecule has 164 valence electrons. The molecule has 13 nitrogen and oxygen atoms in total. The number of hydrogen-bond donors (Lipinski definition) is 4. The Morgan fingerprint density at radius 2 is 2.17 bits per heavy atom. The number of aliphatic hydroxyl groups is 1. The smallest absolute Gasteiger partial charge is 0.478 e. The Kier molecular flexibility index (Phi) is 7.42. The second-order valence-electron chi connectivity index (χ2n) is 6.59. The van der Waals surface area contributed by atoms with Crippen LogP contribution in [0.25, 0.3) is 0 Å². The number of aliphatic hydroxyl groups excluding tert-OH is 1. The second kappa shape index (κ2) is 9.43. The van der Waals surface area contributed by atoms with Crippen molar-refractivity contribution in [2.45, 2.75) is 38.5 Å². The topological polar surface area (TPSA) is 194 Å². The summed E-state index contributed by atoms with van der Waals surface area (Å²) >= 11 is 1.02. The van der Waals surface area contributed by atoms with Gasteiger partial charge in [-0.3, -0.25) is 9.59 Å². The number of nitrogens with zero attached hydrogens (tertiary/aromatic N) is 3. The van der Waals surface area contributed by atoms with Crippen LogP contribution >= 0.6 is 19.5 Å². The molecule has 15 heteroatoms. The van der Waals surface area contributed by atoms with Crippen LogP contribution in [-0.2, 0) is 28.3 Å². The molecular formula is C15H21N5O8PS+. The molecule has 30 heavy (non-hydrogen) atoms. The number of carbonyl (C=O) groups is 3. The molecule has 3 unspecified atom stereocenters. The van der Waals surface area contributed by atoms with E-state index in [1.165, 1.54) is 19.2 Å². The molecule has 5 N–H and O–H groups in total. The molecule has 3 atom stereocenters. The monoisotopic (exact) mass is 462 g/mol. The maximum Gasteiger partial charge on any atom is 0.649 e. The largest absolute Gasteiger partial charge is 0.649 e. The van der Waals surface area contributed by atoms with Gasteiger partial charge in [-0.25, -0.2) is 9.78 Å². The third-order valence-corrected chi connectivity index (χ3v) is 5.97. The average molecular weight is 462 g/mol. The van der Waals surface area contributed by atoms with Gasteiger partial charge < -0.3 is 26.1 Å². The number of rotatable bonds is 10. The van der Waals surface area contributed by atoms with Gasteiger partial charge in [-0.1, -0.05) is 9.83 Å². The third-order valence-electron chi connectivity index (χ3n) is 3.98. The van der Waals surface area contributed by atoms with Gasteiger partial charge >= 0.3 is 14.1 Å². The van der Waals surface area contributed by atoms with E-state index in [0.717, 1.165) is 16.0 Å². The molecule has 2 amide bonds. The summed E-state index contributed by atoms with van der Waals surface area (Å²) in [5.41, 5.74) is 3.51. The number of hydrogen-bond acceptors (Lipinski definition) is 11. The highest BCUT2D eigenvalue weighted by Crippen LogP contribution is 2.38. The Hall–Kier alpha value is -2.67. The summed E-state index contributed by atoms with van der Waals surface area (Å²) in [6.45, 7) is 3.45. The van der Waals surface area contributed by atoms with Crippen molar-refractivity contribution in [3.63, 3.8) is 0 Å². The molecule has 1 aliphatic rings. The molecule has 0 aliphatic carbocycles. The lowest BCUT2D eigenvalue weighted by Gasteiger charge is -2.36. The maximum atomic E-state index is 12.7. The van der Waals surface area contributed by atoms with Crippen LogP contribution in [0.1, 0.15) is 26.5 Å². The predicted octanol–water partition coefficient (Wildman–Crippen LogP) is -0.309. The highest BCUT2D eigenvalue weighted by molar-refractivity contribution is 7.37. The van der Waals surface area contributed by atoms with Crippen molar-refractivity contribution in [2.24, 2.45) is 5.16 Å².